The molecule has 2 aromatic rings. The summed E-state index contributed by atoms with van der Waals surface area (Å²) in [4.78, 5) is 23.6. The van der Waals surface area contributed by atoms with Gasteiger partial charge in [0, 0.05) is 22.9 Å². The number of nitrogens with two attached hydrogens (primary N) is 1. The van der Waals surface area contributed by atoms with Gasteiger partial charge in [0.1, 0.15) is 17.5 Å². The third kappa shape index (κ3) is 4.18. The van der Waals surface area contributed by atoms with Crippen LogP contribution in [0.3, 0.4) is 0 Å². The quantitative estimate of drug-likeness (QED) is 0.610. The smallest absolute Gasteiger partial charge is 0.248 e. The van der Waals surface area contributed by atoms with E-state index in [1.807, 2.05) is 18.2 Å². The molecule has 1 fully saturated rings. The molecule has 142 valence electrons. The highest BCUT2D eigenvalue weighted by molar-refractivity contribution is 5.96. The van der Waals surface area contributed by atoms with Gasteiger partial charge < -0.3 is 20.5 Å². The van der Waals surface area contributed by atoms with Gasteiger partial charge in [-0.05, 0) is 36.8 Å². The Labute approximate surface area is 157 Å². The molecule has 8 nitrogen and oxygen atoms in total. The molecule has 8 heteroatoms. The lowest BCUT2D eigenvalue weighted by Gasteiger charge is -2.15. The van der Waals surface area contributed by atoms with Crippen molar-refractivity contribution in [2.24, 2.45) is 5.73 Å². The minimum atomic E-state index is -0.509. The van der Waals surface area contributed by atoms with E-state index in [2.05, 4.69) is 16.2 Å². The number of hydrogen-bond donors (Lipinski definition) is 4. The van der Waals surface area contributed by atoms with E-state index < -0.39 is 11.9 Å². The van der Waals surface area contributed by atoms with E-state index in [0.717, 1.165) is 5.56 Å². The minimum Gasteiger partial charge on any atom is -0.497 e. The highest BCUT2D eigenvalue weighted by atomic mass is 16.5. The topological polar surface area (TPSA) is 115 Å². The average molecular weight is 370 g/mol. The molecule has 0 aliphatic carbocycles. The zero-order valence-electron chi connectivity index (χ0n) is 15.1. The fourth-order valence-electron chi connectivity index (χ4n) is 2.99. The Bertz CT molecular complexity index is 838. The Morgan fingerprint density at radius 3 is 2.44 bits per heavy atom. The largest absolute Gasteiger partial charge is 0.497 e. The van der Waals surface area contributed by atoms with E-state index in [0.29, 0.717) is 29.2 Å². The summed E-state index contributed by atoms with van der Waals surface area (Å²) in [7, 11) is 3.20. The fraction of sp³-hybridized carbons (Fsp3) is 0.263. The molecule has 5 N–H and O–H groups in total. The van der Waals surface area contributed by atoms with Crippen molar-refractivity contribution >= 4 is 17.5 Å². The van der Waals surface area contributed by atoms with Crippen molar-refractivity contribution in [3.63, 3.8) is 0 Å². The predicted molar refractivity (Wildman–Crippen MR) is 101 cm³/mol. The van der Waals surface area contributed by atoms with Gasteiger partial charge in [-0.1, -0.05) is 6.07 Å². The van der Waals surface area contributed by atoms with Crippen LogP contribution in [0.4, 0.5) is 5.69 Å². The van der Waals surface area contributed by atoms with Crippen LogP contribution in [0.1, 0.15) is 28.4 Å². The van der Waals surface area contributed by atoms with Gasteiger partial charge in [-0.3, -0.25) is 9.59 Å². The SMILES string of the molecule is COc1ccc(C2CC(C(=O)Nc3ccc(C(N)=O)cc3)NN2)c(OC)c1. The van der Waals surface area contributed by atoms with Gasteiger partial charge in [-0.2, -0.15) is 0 Å². The maximum atomic E-state index is 12.5. The third-order valence-electron chi connectivity index (χ3n) is 4.47. The van der Waals surface area contributed by atoms with Gasteiger partial charge in [0.25, 0.3) is 0 Å². The van der Waals surface area contributed by atoms with Gasteiger partial charge in [0.15, 0.2) is 0 Å². The van der Waals surface area contributed by atoms with Gasteiger partial charge in [-0.25, -0.2) is 10.9 Å². The van der Waals surface area contributed by atoms with Crippen molar-refractivity contribution in [1.29, 1.82) is 0 Å². The Morgan fingerprint density at radius 2 is 1.81 bits per heavy atom. The van der Waals surface area contributed by atoms with Gasteiger partial charge in [0.2, 0.25) is 11.8 Å². The summed E-state index contributed by atoms with van der Waals surface area (Å²) < 4.78 is 10.7. The van der Waals surface area contributed by atoms with Crippen molar-refractivity contribution in [3.8, 4) is 11.5 Å². The Hall–Kier alpha value is -3.10. The zero-order chi connectivity index (χ0) is 19.4. The summed E-state index contributed by atoms with van der Waals surface area (Å²) in [5.74, 6) is 0.710. The summed E-state index contributed by atoms with van der Waals surface area (Å²) in [5.41, 5.74) is 13.3. The molecule has 1 aliphatic rings. The average Bonchev–Trinajstić information content (AvgIpc) is 3.18. The van der Waals surface area contributed by atoms with Crippen molar-refractivity contribution in [3.05, 3.63) is 53.6 Å². The highest BCUT2D eigenvalue weighted by Crippen LogP contribution is 2.33. The number of hydrazine groups is 1. The molecule has 0 saturated carbocycles. The maximum Gasteiger partial charge on any atom is 0.248 e. The number of amides is 2. The van der Waals surface area contributed by atoms with Crippen molar-refractivity contribution in [2.75, 3.05) is 19.5 Å². The molecule has 0 radical (unpaired) electrons. The van der Waals surface area contributed by atoms with Crippen LogP contribution in [-0.2, 0) is 4.79 Å². The van der Waals surface area contributed by atoms with Crippen LogP contribution in [0.5, 0.6) is 11.5 Å². The number of ether oxygens (including phenoxy) is 2. The van der Waals surface area contributed by atoms with Gasteiger partial charge >= 0.3 is 0 Å². The standard InChI is InChI=1S/C19H22N4O4/c1-26-13-7-8-14(17(9-13)27-2)15-10-16(23-22-15)19(25)21-12-5-3-11(4-6-12)18(20)24/h3-9,15-16,22-23H,10H2,1-2H3,(H2,20,24)(H,21,25). The lowest BCUT2D eigenvalue weighted by molar-refractivity contribution is -0.117. The first-order valence-corrected chi connectivity index (χ1v) is 8.45. The Morgan fingerprint density at radius 1 is 1.07 bits per heavy atom. The highest BCUT2D eigenvalue weighted by Gasteiger charge is 2.31. The molecule has 1 heterocycles. The molecule has 0 bridgehead atoms. The predicted octanol–water partition coefficient (Wildman–Crippen LogP) is 1.35. The van der Waals surface area contributed by atoms with E-state index in [-0.39, 0.29) is 11.9 Å². The summed E-state index contributed by atoms with van der Waals surface area (Å²) in [6.07, 6.45) is 0.549. The molecule has 2 unspecified atom stereocenters. The molecule has 0 spiro atoms. The molecule has 2 atom stereocenters. The minimum absolute atomic E-state index is 0.0844. The first-order chi connectivity index (χ1) is 13.0. The van der Waals surface area contributed by atoms with E-state index in [4.69, 9.17) is 15.2 Å². The van der Waals surface area contributed by atoms with Gasteiger partial charge in [-0.15, -0.1) is 0 Å². The van der Waals surface area contributed by atoms with Crippen LogP contribution in [-0.4, -0.2) is 32.1 Å². The third-order valence-corrected chi connectivity index (χ3v) is 4.47. The lowest BCUT2D eigenvalue weighted by Crippen LogP contribution is -2.39. The Balaban J connectivity index is 1.65. The number of benzene rings is 2. The van der Waals surface area contributed by atoms with Crippen LogP contribution in [0.2, 0.25) is 0 Å². The van der Waals surface area contributed by atoms with E-state index in [1.54, 1.807) is 38.5 Å². The van der Waals surface area contributed by atoms with E-state index >= 15 is 0 Å². The monoisotopic (exact) mass is 370 g/mol. The van der Waals surface area contributed by atoms with Crippen molar-refractivity contribution in [2.45, 2.75) is 18.5 Å². The molecule has 3 rings (SSSR count). The second-order valence-corrected chi connectivity index (χ2v) is 6.17. The summed E-state index contributed by atoms with van der Waals surface area (Å²) in [5, 5.41) is 2.82. The normalized spacial score (nSPS) is 18.7. The van der Waals surface area contributed by atoms with Crippen molar-refractivity contribution < 1.29 is 19.1 Å². The molecule has 2 aromatic carbocycles. The molecular formula is C19H22N4O4. The van der Waals surface area contributed by atoms with Crippen LogP contribution < -0.4 is 31.4 Å². The number of carbonyl (C=O) groups excluding carboxylic acids is 2. The second-order valence-electron chi connectivity index (χ2n) is 6.17. The summed E-state index contributed by atoms with van der Waals surface area (Å²) in [6.45, 7) is 0. The summed E-state index contributed by atoms with van der Waals surface area (Å²) in [6, 6.07) is 11.5. The molecule has 1 saturated heterocycles. The van der Waals surface area contributed by atoms with Crippen LogP contribution in [0.25, 0.3) is 0 Å². The number of nitrogens with one attached hydrogen (secondary N) is 3. The number of anilines is 1. The maximum absolute atomic E-state index is 12.5. The van der Waals surface area contributed by atoms with Crippen LogP contribution in [0, 0.1) is 0 Å². The summed E-state index contributed by atoms with van der Waals surface area (Å²) >= 11 is 0. The van der Waals surface area contributed by atoms with E-state index in [9.17, 15) is 9.59 Å². The number of methoxy groups -OCH3 is 2. The van der Waals surface area contributed by atoms with Crippen LogP contribution >= 0.6 is 0 Å². The molecule has 1 aliphatic heterocycles. The number of hydrogen-bond acceptors (Lipinski definition) is 6. The van der Waals surface area contributed by atoms with Gasteiger partial charge in [0.05, 0.1) is 20.3 Å². The number of primary amides is 1. The zero-order valence-corrected chi connectivity index (χ0v) is 15.1. The van der Waals surface area contributed by atoms with E-state index in [1.165, 1.54) is 0 Å². The Kier molecular flexibility index (Phi) is 5.58. The number of rotatable bonds is 6. The first kappa shape index (κ1) is 18.7. The number of carbonyl (C=O) groups is 2. The lowest BCUT2D eigenvalue weighted by atomic mass is 10.0. The molecule has 0 aromatic heterocycles. The van der Waals surface area contributed by atoms with Crippen molar-refractivity contribution in [1.82, 2.24) is 10.9 Å². The molecular weight excluding hydrogens is 348 g/mol. The fourth-order valence-corrected chi connectivity index (χ4v) is 2.99. The molecule has 2 amide bonds. The first-order valence-electron chi connectivity index (χ1n) is 8.45. The van der Waals surface area contributed by atoms with Crippen LogP contribution in [0.15, 0.2) is 42.5 Å². The second kappa shape index (κ2) is 8.07. The molecule has 27 heavy (non-hydrogen) atoms.